The van der Waals surface area contributed by atoms with E-state index >= 15 is 0 Å². The lowest BCUT2D eigenvalue weighted by atomic mass is 9.77. The number of nitro groups is 1. The third kappa shape index (κ3) is 4.85. The number of benzene rings is 4. The van der Waals surface area contributed by atoms with Crippen molar-refractivity contribution in [1.29, 1.82) is 0 Å². The Morgan fingerprint density at radius 1 is 0.860 bits per heavy atom. The van der Waals surface area contributed by atoms with Crippen LogP contribution < -0.4 is 0 Å². The normalized spacial score (nSPS) is 11.7. The molecular weight excluding hydrogens is 540 g/mol. The van der Waals surface area contributed by atoms with Gasteiger partial charge in [0.1, 0.15) is 11.2 Å². The molecule has 0 aliphatic heterocycles. The fourth-order valence-corrected chi connectivity index (χ4v) is 5.69. The molecular formula is C35H26N4O4. The van der Waals surface area contributed by atoms with Gasteiger partial charge >= 0.3 is 5.97 Å². The quantitative estimate of drug-likeness (QED) is 0.0899. The van der Waals surface area contributed by atoms with Crippen LogP contribution in [0.15, 0.2) is 128 Å². The molecule has 210 valence electrons. The van der Waals surface area contributed by atoms with Gasteiger partial charge in [-0.15, -0.1) is 0 Å². The number of aryl methyl sites for hydroxylation is 1. The first-order valence-electron chi connectivity index (χ1n) is 13.6. The SMILES string of the molecule is Cc1cc(-c2nn(C(c3ccccc3)(c3ccccc3)c3ccccc3)c3cc([N+](=O)[O-])c(/C=C/C(=O)O)cc23)ccn1. The zero-order valence-electron chi connectivity index (χ0n) is 23.2. The van der Waals surface area contributed by atoms with Gasteiger partial charge < -0.3 is 5.11 Å². The summed E-state index contributed by atoms with van der Waals surface area (Å²) in [4.78, 5) is 27.6. The summed E-state index contributed by atoms with van der Waals surface area (Å²) in [5, 5.41) is 27.6. The molecule has 0 saturated carbocycles. The number of carbonyl (C=O) groups is 1. The zero-order chi connectivity index (χ0) is 30.0. The van der Waals surface area contributed by atoms with Crippen LogP contribution in [0.1, 0.15) is 27.9 Å². The number of carboxylic acids is 1. The lowest BCUT2D eigenvalue weighted by Crippen LogP contribution is -2.38. The second-order valence-electron chi connectivity index (χ2n) is 10.1. The third-order valence-corrected chi connectivity index (χ3v) is 7.49. The Labute approximate surface area is 247 Å². The van der Waals surface area contributed by atoms with Gasteiger partial charge in [-0.05, 0) is 47.9 Å². The van der Waals surface area contributed by atoms with Crippen molar-refractivity contribution in [3.05, 3.63) is 166 Å². The van der Waals surface area contributed by atoms with Crippen LogP contribution in [0.25, 0.3) is 28.2 Å². The number of hydrogen-bond donors (Lipinski definition) is 1. The van der Waals surface area contributed by atoms with Crippen molar-refractivity contribution >= 4 is 28.6 Å². The van der Waals surface area contributed by atoms with Crippen LogP contribution in [0, 0.1) is 17.0 Å². The molecule has 0 radical (unpaired) electrons. The zero-order valence-corrected chi connectivity index (χ0v) is 23.2. The van der Waals surface area contributed by atoms with Gasteiger partial charge in [0.25, 0.3) is 5.69 Å². The molecule has 2 aromatic heterocycles. The van der Waals surface area contributed by atoms with Crippen molar-refractivity contribution in [3.63, 3.8) is 0 Å². The number of fused-ring (bicyclic) bond motifs is 1. The van der Waals surface area contributed by atoms with Gasteiger partial charge in [0.15, 0.2) is 0 Å². The molecule has 0 aliphatic carbocycles. The first-order chi connectivity index (χ1) is 20.9. The topological polar surface area (TPSA) is 111 Å². The predicted octanol–water partition coefficient (Wildman–Crippen LogP) is 7.25. The number of nitrogens with zero attached hydrogens (tertiary/aromatic N) is 4. The number of aromatic nitrogens is 3. The molecule has 8 nitrogen and oxygen atoms in total. The van der Waals surface area contributed by atoms with E-state index in [4.69, 9.17) is 5.10 Å². The second-order valence-corrected chi connectivity index (χ2v) is 10.1. The summed E-state index contributed by atoms with van der Waals surface area (Å²) in [6.07, 6.45) is 3.85. The van der Waals surface area contributed by atoms with E-state index in [1.54, 1.807) is 12.3 Å². The van der Waals surface area contributed by atoms with Crippen LogP contribution in [-0.2, 0) is 10.3 Å². The van der Waals surface area contributed by atoms with Crippen molar-refractivity contribution in [2.45, 2.75) is 12.5 Å². The summed E-state index contributed by atoms with van der Waals surface area (Å²) in [5.41, 5.74) is 4.30. The number of carboxylic acid groups (broad SMARTS) is 1. The number of pyridine rings is 1. The molecule has 1 N–H and O–H groups in total. The van der Waals surface area contributed by atoms with Gasteiger partial charge in [-0.25, -0.2) is 9.48 Å². The van der Waals surface area contributed by atoms with Gasteiger partial charge in [-0.1, -0.05) is 91.0 Å². The van der Waals surface area contributed by atoms with Gasteiger partial charge in [0.2, 0.25) is 0 Å². The Hall–Kier alpha value is -5.89. The van der Waals surface area contributed by atoms with Gasteiger partial charge in [-0.3, -0.25) is 15.1 Å². The van der Waals surface area contributed by atoms with E-state index in [-0.39, 0.29) is 11.3 Å². The van der Waals surface area contributed by atoms with Crippen molar-refractivity contribution in [2.75, 3.05) is 0 Å². The molecule has 0 spiro atoms. The van der Waals surface area contributed by atoms with E-state index in [9.17, 15) is 20.0 Å². The molecule has 8 heteroatoms. The monoisotopic (exact) mass is 566 g/mol. The standard InChI is InChI=1S/C35H26N4O4/c1-24-21-26(19-20-36-24)34-30-22-25(17-18-33(40)41)31(39(42)43)23-32(30)38(37-34)35(27-11-5-2-6-12-27,28-13-7-3-8-14-28)29-15-9-4-10-16-29/h2-23H,1H3,(H,40,41)/b18-17+. The molecule has 0 atom stereocenters. The van der Waals surface area contributed by atoms with E-state index in [1.807, 2.05) is 115 Å². The maximum Gasteiger partial charge on any atom is 0.328 e. The highest BCUT2D eigenvalue weighted by atomic mass is 16.6. The van der Waals surface area contributed by atoms with Crippen LogP contribution in [0.5, 0.6) is 0 Å². The molecule has 6 aromatic rings. The van der Waals surface area contributed by atoms with Crippen molar-refractivity contribution in [2.24, 2.45) is 0 Å². The summed E-state index contributed by atoms with van der Waals surface area (Å²) in [7, 11) is 0. The van der Waals surface area contributed by atoms with E-state index < -0.39 is 16.4 Å². The van der Waals surface area contributed by atoms with Crippen molar-refractivity contribution < 1.29 is 14.8 Å². The average molecular weight is 567 g/mol. The summed E-state index contributed by atoms with van der Waals surface area (Å²) in [6.45, 7) is 1.89. The number of aliphatic carboxylic acids is 1. The van der Waals surface area contributed by atoms with Crippen molar-refractivity contribution in [1.82, 2.24) is 14.8 Å². The van der Waals surface area contributed by atoms with E-state index in [1.165, 1.54) is 12.1 Å². The molecule has 0 aliphatic rings. The van der Waals surface area contributed by atoms with Crippen LogP contribution in [0.2, 0.25) is 0 Å². The highest BCUT2D eigenvalue weighted by Gasteiger charge is 2.41. The highest BCUT2D eigenvalue weighted by Crippen LogP contribution is 2.45. The molecule has 4 aromatic carbocycles. The molecule has 2 heterocycles. The van der Waals surface area contributed by atoms with Crippen LogP contribution in [-0.4, -0.2) is 30.8 Å². The lowest BCUT2D eigenvalue weighted by Gasteiger charge is -2.37. The van der Waals surface area contributed by atoms with Gasteiger partial charge in [0, 0.05) is 35.0 Å². The Kier molecular flexibility index (Phi) is 7.09. The molecule has 6 rings (SSSR count). The average Bonchev–Trinajstić information content (AvgIpc) is 3.40. The largest absolute Gasteiger partial charge is 0.478 e. The van der Waals surface area contributed by atoms with E-state index in [0.717, 1.165) is 34.0 Å². The number of rotatable bonds is 8. The number of nitro benzene ring substituents is 1. The number of hydrogen-bond acceptors (Lipinski definition) is 5. The summed E-state index contributed by atoms with van der Waals surface area (Å²) in [5.74, 6) is -1.20. The first kappa shape index (κ1) is 27.3. The summed E-state index contributed by atoms with van der Waals surface area (Å²) in [6, 6.07) is 36.7. The first-order valence-corrected chi connectivity index (χ1v) is 13.6. The Morgan fingerprint density at radius 2 is 1.42 bits per heavy atom. The Bertz CT molecular complexity index is 1890. The molecule has 0 bridgehead atoms. The van der Waals surface area contributed by atoms with Crippen LogP contribution in [0.4, 0.5) is 5.69 Å². The molecule has 0 fully saturated rings. The fraction of sp³-hybridized carbons (Fsp3) is 0.0571. The van der Waals surface area contributed by atoms with E-state index in [0.29, 0.717) is 16.6 Å². The minimum atomic E-state index is -1.20. The molecule has 0 amide bonds. The minimum absolute atomic E-state index is 0.163. The van der Waals surface area contributed by atoms with Gasteiger partial charge in [0.05, 0.1) is 16.0 Å². The highest BCUT2D eigenvalue weighted by molar-refractivity contribution is 5.98. The second kappa shape index (κ2) is 11.2. The molecule has 43 heavy (non-hydrogen) atoms. The van der Waals surface area contributed by atoms with E-state index in [2.05, 4.69) is 4.98 Å². The maximum absolute atomic E-state index is 12.4. The van der Waals surface area contributed by atoms with Crippen LogP contribution >= 0.6 is 0 Å². The molecule has 0 unspecified atom stereocenters. The summed E-state index contributed by atoms with van der Waals surface area (Å²) < 4.78 is 1.87. The van der Waals surface area contributed by atoms with Gasteiger partial charge in [-0.2, -0.15) is 5.10 Å². The van der Waals surface area contributed by atoms with Crippen LogP contribution in [0.3, 0.4) is 0 Å². The fourth-order valence-electron chi connectivity index (χ4n) is 5.69. The maximum atomic E-state index is 12.4. The predicted molar refractivity (Wildman–Crippen MR) is 166 cm³/mol. The smallest absolute Gasteiger partial charge is 0.328 e. The Balaban J connectivity index is 1.83. The summed E-state index contributed by atoms with van der Waals surface area (Å²) >= 11 is 0. The lowest BCUT2D eigenvalue weighted by molar-refractivity contribution is -0.385. The minimum Gasteiger partial charge on any atom is -0.478 e. The van der Waals surface area contributed by atoms with Crippen molar-refractivity contribution in [3.8, 4) is 11.3 Å². The molecule has 0 saturated heterocycles. The Morgan fingerprint density at radius 3 is 1.91 bits per heavy atom. The third-order valence-electron chi connectivity index (χ3n) is 7.49.